The lowest BCUT2D eigenvalue weighted by Gasteiger charge is -2.11. The molecule has 7 aromatic carbocycles. The van der Waals surface area contributed by atoms with E-state index in [0.29, 0.717) is 5.82 Å². The molecule has 0 radical (unpaired) electrons. The first-order valence-electron chi connectivity index (χ1n) is 16.9. The van der Waals surface area contributed by atoms with Gasteiger partial charge in [0.05, 0.1) is 27.9 Å². The quantitative estimate of drug-likeness (QED) is 0.189. The summed E-state index contributed by atoms with van der Waals surface area (Å²) in [6.45, 7) is 0. The molecular weight excluding hydrogens is 627 g/mol. The molecule has 0 bridgehead atoms. The molecule has 232 valence electrons. The molecule has 50 heavy (non-hydrogen) atoms. The Morgan fingerprint density at radius 1 is 0.400 bits per heavy atom. The molecule has 0 aliphatic heterocycles. The molecule has 0 fully saturated rings. The first-order valence-corrected chi connectivity index (χ1v) is 17.7. The summed E-state index contributed by atoms with van der Waals surface area (Å²) in [5.74, 6) is 0.716. The predicted molar refractivity (Wildman–Crippen MR) is 211 cm³/mol. The van der Waals surface area contributed by atoms with Crippen molar-refractivity contribution in [2.75, 3.05) is 0 Å². The molecule has 0 spiro atoms. The van der Waals surface area contributed by atoms with Crippen molar-refractivity contribution in [2.24, 2.45) is 0 Å². The highest BCUT2D eigenvalue weighted by molar-refractivity contribution is 7.26. The summed E-state index contributed by atoms with van der Waals surface area (Å²) in [7, 11) is 0. The molecule has 0 N–H and O–H groups in total. The van der Waals surface area contributed by atoms with E-state index in [1.807, 2.05) is 23.5 Å². The van der Waals surface area contributed by atoms with Crippen LogP contribution in [-0.2, 0) is 0 Å². The van der Waals surface area contributed by atoms with Crippen LogP contribution < -0.4 is 0 Å². The number of hydrogen-bond acceptors (Lipinski definition) is 3. The second-order valence-corrected chi connectivity index (χ2v) is 14.0. The average molecular weight is 654 g/mol. The zero-order chi connectivity index (χ0) is 32.8. The molecule has 0 amide bonds. The van der Waals surface area contributed by atoms with Crippen molar-refractivity contribution < 1.29 is 0 Å². The van der Waals surface area contributed by atoms with Crippen molar-refractivity contribution >= 4 is 69.6 Å². The van der Waals surface area contributed by atoms with Crippen LogP contribution in [0.15, 0.2) is 164 Å². The molecule has 0 aliphatic rings. The molecule has 4 heteroatoms. The Labute approximate surface area is 291 Å². The Balaban J connectivity index is 1.08. The van der Waals surface area contributed by atoms with E-state index in [1.165, 1.54) is 63.8 Å². The molecule has 11 aromatic rings. The summed E-state index contributed by atoms with van der Waals surface area (Å²) < 4.78 is 5.19. The van der Waals surface area contributed by atoms with Crippen molar-refractivity contribution in [2.45, 2.75) is 0 Å². The normalized spacial score (nSPS) is 12.0. The SMILES string of the molecule is c1ccc(-c2cc(-c3ccccc3)nc(-c3cccc(-c4ccc5c(c4)c4cccc6c7c8sc9ccccc9c8ccc7n5c46)c3)n2)cc1. The van der Waals surface area contributed by atoms with Crippen molar-refractivity contribution in [3.8, 4) is 45.0 Å². The molecule has 11 rings (SSSR count). The fourth-order valence-electron chi connectivity index (χ4n) is 7.85. The van der Waals surface area contributed by atoms with Crippen molar-refractivity contribution in [3.63, 3.8) is 0 Å². The first kappa shape index (κ1) is 27.6. The van der Waals surface area contributed by atoms with Crippen molar-refractivity contribution in [3.05, 3.63) is 164 Å². The fraction of sp³-hybridized carbons (Fsp3) is 0. The van der Waals surface area contributed by atoms with Gasteiger partial charge in [0, 0.05) is 58.4 Å². The maximum absolute atomic E-state index is 5.09. The minimum Gasteiger partial charge on any atom is -0.308 e. The van der Waals surface area contributed by atoms with Gasteiger partial charge in [-0.15, -0.1) is 11.3 Å². The second-order valence-electron chi connectivity index (χ2n) is 13.0. The van der Waals surface area contributed by atoms with Gasteiger partial charge in [-0.05, 0) is 47.5 Å². The Hall–Kier alpha value is -6.36. The number of fused-ring (bicyclic) bond motifs is 10. The predicted octanol–water partition coefficient (Wildman–Crippen LogP) is 12.7. The van der Waals surface area contributed by atoms with E-state index in [0.717, 1.165) is 33.6 Å². The largest absolute Gasteiger partial charge is 0.308 e. The van der Waals surface area contributed by atoms with Crippen LogP contribution in [0.4, 0.5) is 0 Å². The number of nitrogens with zero attached hydrogens (tertiary/aromatic N) is 3. The van der Waals surface area contributed by atoms with Crippen LogP contribution in [0.2, 0.25) is 0 Å². The van der Waals surface area contributed by atoms with Crippen LogP contribution in [0, 0.1) is 0 Å². The molecule has 0 atom stereocenters. The van der Waals surface area contributed by atoms with Crippen LogP contribution >= 0.6 is 11.3 Å². The minimum absolute atomic E-state index is 0.716. The molecule has 0 unspecified atom stereocenters. The van der Waals surface area contributed by atoms with Gasteiger partial charge in [-0.3, -0.25) is 0 Å². The maximum Gasteiger partial charge on any atom is 0.160 e. The first-order chi connectivity index (χ1) is 24.8. The van der Waals surface area contributed by atoms with E-state index in [9.17, 15) is 0 Å². The van der Waals surface area contributed by atoms with Crippen LogP contribution in [0.1, 0.15) is 0 Å². The highest BCUT2D eigenvalue weighted by Crippen LogP contribution is 2.46. The van der Waals surface area contributed by atoms with Gasteiger partial charge in [-0.2, -0.15) is 0 Å². The third-order valence-corrected chi connectivity index (χ3v) is 11.3. The highest BCUT2D eigenvalue weighted by atomic mass is 32.1. The second kappa shape index (κ2) is 10.6. The Bertz CT molecular complexity index is 3030. The van der Waals surface area contributed by atoms with Crippen molar-refractivity contribution in [1.82, 2.24) is 14.4 Å². The smallest absolute Gasteiger partial charge is 0.160 e. The molecule has 0 aliphatic carbocycles. The van der Waals surface area contributed by atoms with Gasteiger partial charge in [0.25, 0.3) is 0 Å². The van der Waals surface area contributed by atoms with Crippen LogP contribution in [-0.4, -0.2) is 14.4 Å². The number of thiophene rings is 1. The monoisotopic (exact) mass is 653 g/mol. The lowest BCUT2D eigenvalue weighted by molar-refractivity contribution is 1.18. The number of aromatic nitrogens is 3. The number of benzene rings is 7. The molecule has 4 heterocycles. The van der Waals surface area contributed by atoms with Gasteiger partial charge in [0.2, 0.25) is 0 Å². The van der Waals surface area contributed by atoms with E-state index >= 15 is 0 Å². The fourth-order valence-corrected chi connectivity index (χ4v) is 9.11. The average Bonchev–Trinajstić information content (AvgIpc) is 3.85. The molecule has 4 aromatic heterocycles. The number of rotatable bonds is 4. The number of para-hydroxylation sites is 1. The van der Waals surface area contributed by atoms with Gasteiger partial charge in [-0.1, -0.05) is 127 Å². The number of hydrogen-bond donors (Lipinski definition) is 0. The van der Waals surface area contributed by atoms with Gasteiger partial charge in [-0.25, -0.2) is 9.97 Å². The topological polar surface area (TPSA) is 30.2 Å². The highest BCUT2D eigenvalue weighted by Gasteiger charge is 2.21. The summed E-state index contributed by atoms with van der Waals surface area (Å²) in [5, 5.41) is 7.90. The lowest BCUT2D eigenvalue weighted by atomic mass is 9.99. The van der Waals surface area contributed by atoms with E-state index in [2.05, 4.69) is 156 Å². The van der Waals surface area contributed by atoms with Gasteiger partial charge in [0.1, 0.15) is 0 Å². The summed E-state index contributed by atoms with van der Waals surface area (Å²) in [4.78, 5) is 10.2. The van der Waals surface area contributed by atoms with Crippen LogP contribution in [0.25, 0.3) is 103 Å². The summed E-state index contributed by atoms with van der Waals surface area (Å²) in [5.41, 5.74) is 11.1. The molecule has 0 saturated carbocycles. The lowest BCUT2D eigenvalue weighted by Crippen LogP contribution is -1.96. The third kappa shape index (κ3) is 4.03. The summed E-state index contributed by atoms with van der Waals surface area (Å²) >= 11 is 1.91. The van der Waals surface area contributed by atoms with Crippen LogP contribution in [0.3, 0.4) is 0 Å². The minimum atomic E-state index is 0.716. The zero-order valence-corrected chi connectivity index (χ0v) is 27.7. The maximum atomic E-state index is 5.09. The Morgan fingerprint density at radius 2 is 1.02 bits per heavy atom. The van der Waals surface area contributed by atoms with Gasteiger partial charge in [0.15, 0.2) is 5.82 Å². The summed E-state index contributed by atoms with van der Waals surface area (Å²) in [6, 6.07) is 58.5. The van der Waals surface area contributed by atoms with Gasteiger partial charge >= 0.3 is 0 Å². The standard InChI is InChI=1S/C46H27N3S/c1-3-11-28(12-4-1)38-27-39(29-13-5-2-6-14-29)48-46(47-38)32-16-9-15-30(25-32)31-21-23-40-37(26-31)34-18-10-19-36-43-41(49(40)44(34)36)24-22-35-33-17-7-8-20-42(33)50-45(35)43/h1-27H. The zero-order valence-electron chi connectivity index (χ0n) is 26.8. The summed E-state index contributed by atoms with van der Waals surface area (Å²) in [6.07, 6.45) is 0. The van der Waals surface area contributed by atoms with E-state index in [4.69, 9.17) is 9.97 Å². The van der Waals surface area contributed by atoms with Crippen LogP contribution in [0.5, 0.6) is 0 Å². The van der Waals surface area contributed by atoms with E-state index < -0.39 is 0 Å². The molecular formula is C46H27N3S. The Morgan fingerprint density at radius 3 is 1.82 bits per heavy atom. The van der Waals surface area contributed by atoms with E-state index in [-0.39, 0.29) is 0 Å². The van der Waals surface area contributed by atoms with Gasteiger partial charge < -0.3 is 4.40 Å². The van der Waals surface area contributed by atoms with E-state index in [1.54, 1.807) is 0 Å². The Kier molecular flexibility index (Phi) is 5.83. The molecule has 3 nitrogen and oxygen atoms in total. The van der Waals surface area contributed by atoms with Crippen molar-refractivity contribution in [1.29, 1.82) is 0 Å². The third-order valence-electron chi connectivity index (χ3n) is 10.1. The molecule has 0 saturated heterocycles.